The Labute approximate surface area is 136 Å². The largest absolute Gasteiger partial charge is 0.374 e. The molecule has 112 valence electrons. The zero-order valence-electron chi connectivity index (χ0n) is 11.9. The van der Waals surface area contributed by atoms with Crippen molar-refractivity contribution >= 4 is 44.0 Å². The normalized spacial score (nSPS) is 12.0. The highest BCUT2D eigenvalue weighted by atomic mass is 79.9. The van der Waals surface area contributed by atoms with Gasteiger partial charge in [-0.15, -0.1) is 10.2 Å². The van der Waals surface area contributed by atoms with Crippen molar-refractivity contribution in [3.8, 4) is 0 Å². The minimum absolute atomic E-state index is 0.0979. The molecule has 0 saturated carbocycles. The molecule has 2 N–H and O–H groups in total. The molecule has 0 saturated heterocycles. The molecule has 0 bridgehead atoms. The van der Waals surface area contributed by atoms with E-state index in [2.05, 4.69) is 36.8 Å². The summed E-state index contributed by atoms with van der Waals surface area (Å²) in [4.78, 5) is 12.3. The first-order valence-corrected chi connectivity index (χ1v) is 8.38. The van der Waals surface area contributed by atoms with Gasteiger partial charge in [-0.3, -0.25) is 10.1 Å². The monoisotopic (exact) mass is 368 g/mol. The lowest BCUT2D eigenvalue weighted by Gasteiger charge is -2.17. The molecule has 5 nitrogen and oxygen atoms in total. The number of hydrogen-bond acceptors (Lipinski definition) is 5. The summed E-state index contributed by atoms with van der Waals surface area (Å²) in [5.41, 5.74) is 0.909. The lowest BCUT2D eigenvalue weighted by molar-refractivity contribution is -0.117. The fraction of sp³-hybridized carbons (Fsp3) is 0.357. The van der Waals surface area contributed by atoms with Crippen LogP contribution in [0.25, 0.3) is 0 Å². The van der Waals surface area contributed by atoms with Crippen LogP contribution < -0.4 is 10.6 Å². The number of carbonyl (C=O) groups is 1. The Morgan fingerprint density at radius 2 is 2.00 bits per heavy atom. The third kappa shape index (κ3) is 4.50. The Kier molecular flexibility index (Phi) is 5.69. The molecule has 1 atom stereocenters. The second-order valence-corrected chi connectivity index (χ2v) is 6.43. The van der Waals surface area contributed by atoms with E-state index in [1.54, 1.807) is 0 Å². The van der Waals surface area contributed by atoms with Gasteiger partial charge in [0, 0.05) is 10.2 Å². The van der Waals surface area contributed by atoms with E-state index in [1.807, 2.05) is 38.1 Å². The summed E-state index contributed by atoms with van der Waals surface area (Å²) in [5.74, 6) is -0.0979. The van der Waals surface area contributed by atoms with Crippen LogP contribution in [-0.4, -0.2) is 22.1 Å². The SMILES string of the molecule is CCc1nnc(NC(=O)[C@H](CC)Nc2ccc(Br)cc2)s1. The van der Waals surface area contributed by atoms with Crippen molar-refractivity contribution in [3.63, 3.8) is 0 Å². The Balaban J connectivity index is 1.99. The van der Waals surface area contributed by atoms with E-state index in [0.717, 1.165) is 21.6 Å². The van der Waals surface area contributed by atoms with Crippen molar-refractivity contribution < 1.29 is 4.79 Å². The third-order valence-corrected chi connectivity index (χ3v) is 4.42. The molecular weight excluding hydrogens is 352 g/mol. The summed E-state index contributed by atoms with van der Waals surface area (Å²) in [6, 6.07) is 7.43. The van der Waals surface area contributed by atoms with Gasteiger partial charge in [0.2, 0.25) is 11.0 Å². The van der Waals surface area contributed by atoms with Gasteiger partial charge >= 0.3 is 0 Å². The van der Waals surface area contributed by atoms with Crippen molar-refractivity contribution in [2.24, 2.45) is 0 Å². The van der Waals surface area contributed by atoms with Crippen LogP contribution >= 0.6 is 27.3 Å². The number of benzene rings is 1. The van der Waals surface area contributed by atoms with Crippen LogP contribution in [0.3, 0.4) is 0 Å². The van der Waals surface area contributed by atoms with Crippen LogP contribution in [0.1, 0.15) is 25.3 Å². The standard InChI is InChI=1S/C14H17BrN4OS/c1-3-11(16-10-7-5-9(15)6-8-10)13(20)17-14-19-18-12(4-2)21-14/h5-8,11,16H,3-4H2,1-2H3,(H,17,19,20)/t11-/m0/s1. The number of halogens is 1. The number of carbonyl (C=O) groups excluding carboxylic acids is 1. The van der Waals surface area contributed by atoms with E-state index in [0.29, 0.717) is 11.6 Å². The Bertz CT molecular complexity index is 599. The average Bonchev–Trinajstić information content (AvgIpc) is 2.94. The molecule has 0 aliphatic heterocycles. The van der Waals surface area contributed by atoms with Crippen molar-refractivity contribution in [2.45, 2.75) is 32.7 Å². The summed E-state index contributed by atoms with van der Waals surface area (Å²) in [6.45, 7) is 3.98. The van der Waals surface area contributed by atoms with E-state index in [9.17, 15) is 4.79 Å². The van der Waals surface area contributed by atoms with Crippen LogP contribution in [-0.2, 0) is 11.2 Å². The van der Waals surface area contributed by atoms with Gasteiger partial charge in [0.25, 0.3) is 0 Å². The highest BCUT2D eigenvalue weighted by Crippen LogP contribution is 2.18. The molecule has 0 aliphatic carbocycles. The summed E-state index contributed by atoms with van der Waals surface area (Å²) in [6.07, 6.45) is 1.50. The molecule has 7 heteroatoms. The molecule has 1 aromatic carbocycles. The predicted octanol–water partition coefficient (Wildman–Crippen LogP) is 3.69. The molecule has 0 radical (unpaired) electrons. The van der Waals surface area contributed by atoms with Gasteiger partial charge in [-0.1, -0.05) is 41.1 Å². The Hall–Kier alpha value is -1.47. The maximum atomic E-state index is 12.3. The van der Waals surface area contributed by atoms with Crippen LogP contribution in [0.4, 0.5) is 10.8 Å². The number of aromatic nitrogens is 2. The summed E-state index contributed by atoms with van der Waals surface area (Å²) in [5, 5.41) is 15.5. The predicted molar refractivity (Wildman–Crippen MR) is 89.8 cm³/mol. The molecule has 21 heavy (non-hydrogen) atoms. The van der Waals surface area contributed by atoms with Crippen LogP contribution in [0, 0.1) is 0 Å². The molecule has 0 unspecified atom stereocenters. The zero-order chi connectivity index (χ0) is 15.2. The van der Waals surface area contributed by atoms with Gasteiger partial charge in [0.05, 0.1) is 0 Å². The topological polar surface area (TPSA) is 66.9 Å². The highest BCUT2D eigenvalue weighted by molar-refractivity contribution is 9.10. The van der Waals surface area contributed by atoms with Gasteiger partial charge in [0.1, 0.15) is 11.0 Å². The second-order valence-electron chi connectivity index (χ2n) is 4.46. The van der Waals surface area contributed by atoms with Crippen LogP contribution in [0.15, 0.2) is 28.7 Å². The van der Waals surface area contributed by atoms with E-state index in [-0.39, 0.29) is 11.9 Å². The highest BCUT2D eigenvalue weighted by Gasteiger charge is 2.18. The van der Waals surface area contributed by atoms with E-state index >= 15 is 0 Å². The fourth-order valence-electron chi connectivity index (χ4n) is 1.74. The molecular formula is C14H17BrN4OS. The minimum atomic E-state index is -0.305. The second kappa shape index (κ2) is 7.51. The number of nitrogens with zero attached hydrogens (tertiary/aromatic N) is 2. The maximum absolute atomic E-state index is 12.3. The molecule has 0 fully saturated rings. The van der Waals surface area contributed by atoms with E-state index in [1.165, 1.54) is 11.3 Å². The molecule has 1 aromatic heterocycles. The van der Waals surface area contributed by atoms with Gasteiger partial charge in [-0.2, -0.15) is 0 Å². The number of aryl methyl sites for hydroxylation is 1. The molecule has 2 aromatic rings. The van der Waals surface area contributed by atoms with Crippen molar-refractivity contribution in [3.05, 3.63) is 33.7 Å². The van der Waals surface area contributed by atoms with Crippen molar-refractivity contribution in [1.82, 2.24) is 10.2 Å². The molecule has 2 rings (SSSR count). The first-order chi connectivity index (χ1) is 10.1. The number of hydrogen-bond donors (Lipinski definition) is 2. The quantitative estimate of drug-likeness (QED) is 0.815. The zero-order valence-corrected chi connectivity index (χ0v) is 14.3. The number of rotatable bonds is 6. The van der Waals surface area contributed by atoms with E-state index in [4.69, 9.17) is 0 Å². The van der Waals surface area contributed by atoms with Crippen LogP contribution in [0.2, 0.25) is 0 Å². The van der Waals surface area contributed by atoms with Crippen LogP contribution in [0.5, 0.6) is 0 Å². The summed E-state index contributed by atoms with van der Waals surface area (Å²) < 4.78 is 1.01. The van der Waals surface area contributed by atoms with Gasteiger partial charge in [0.15, 0.2) is 0 Å². The average molecular weight is 369 g/mol. The molecule has 0 spiro atoms. The smallest absolute Gasteiger partial charge is 0.248 e. The van der Waals surface area contributed by atoms with Gasteiger partial charge in [-0.05, 0) is 37.1 Å². The Morgan fingerprint density at radius 3 is 2.57 bits per heavy atom. The molecule has 1 heterocycles. The first kappa shape index (κ1) is 15.9. The van der Waals surface area contributed by atoms with E-state index < -0.39 is 0 Å². The van der Waals surface area contributed by atoms with Gasteiger partial charge in [-0.25, -0.2) is 0 Å². The third-order valence-electron chi connectivity index (χ3n) is 2.91. The molecule has 1 amide bonds. The first-order valence-electron chi connectivity index (χ1n) is 6.77. The number of nitrogens with one attached hydrogen (secondary N) is 2. The molecule has 0 aliphatic rings. The number of anilines is 2. The fourth-order valence-corrected chi connectivity index (χ4v) is 2.69. The summed E-state index contributed by atoms with van der Waals surface area (Å²) >= 11 is 4.80. The lowest BCUT2D eigenvalue weighted by atomic mass is 10.2. The number of amides is 1. The van der Waals surface area contributed by atoms with Crippen molar-refractivity contribution in [1.29, 1.82) is 0 Å². The lowest BCUT2D eigenvalue weighted by Crippen LogP contribution is -2.34. The van der Waals surface area contributed by atoms with Crippen molar-refractivity contribution in [2.75, 3.05) is 10.6 Å². The summed E-state index contributed by atoms with van der Waals surface area (Å²) in [7, 11) is 0. The maximum Gasteiger partial charge on any atom is 0.248 e. The Morgan fingerprint density at radius 1 is 1.29 bits per heavy atom. The minimum Gasteiger partial charge on any atom is -0.374 e. The van der Waals surface area contributed by atoms with Gasteiger partial charge < -0.3 is 5.32 Å².